The third-order valence-corrected chi connectivity index (χ3v) is 11.5. The highest BCUT2D eigenvalue weighted by Crippen LogP contribution is 2.57. The van der Waals surface area contributed by atoms with Gasteiger partial charge in [-0.3, -0.25) is 9.59 Å². The van der Waals surface area contributed by atoms with Gasteiger partial charge in [0.25, 0.3) is 5.70 Å². The van der Waals surface area contributed by atoms with Gasteiger partial charge < -0.3 is 14.2 Å². The lowest BCUT2D eigenvalue weighted by Gasteiger charge is -2.37. The fourth-order valence-electron chi connectivity index (χ4n) is 6.01. The minimum atomic E-state index is -0.632. The molecule has 1 aromatic carbocycles. The number of fused-ring (bicyclic) bond motifs is 1. The lowest BCUT2D eigenvalue weighted by atomic mass is 9.69. The normalized spacial score (nSPS) is 26.7. The number of ether oxygens (including phenoxy) is 3. The molecule has 2 saturated carbocycles. The highest BCUT2D eigenvalue weighted by Gasteiger charge is 2.35. The lowest BCUT2D eigenvalue weighted by molar-refractivity contribution is -0.141. The van der Waals surface area contributed by atoms with Gasteiger partial charge in [0, 0.05) is 18.4 Å². The minimum Gasteiger partial charge on any atom is -0.470 e. The maximum absolute atomic E-state index is 13.2. The van der Waals surface area contributed by atoms with Crippen LogP contribution in [0.1, 0.15) is 83.6 Å². The standard InChI is InChI=1S/C31H41NO5S2/c1-6-21-8-10-22(11-9-21)23-12-14-24(15-13-23)29(33)37-25-16-7-19(2)27-28(25)39-31(38-27)26(32-4)30(34)36-18-17-20(3)35-5/h7,16,20-24H,6,8-15,17-18H2,1-3,5H3. The zero-order chi connectivity index (χ0) is 27.9. The highest BCUT2D eigenvalue weighted by molar-refractivity contribution is 8.24. The summed E-state index contributed by atoms with van der Waals surface area (Å²) in [6.45, 7) is 14.0. The molecule has 1 atom stereocenters. The van der Waals surface area contributed by atoms with Crippen LogP contribution in [-0.2, 0) is 19.1 Å². The van der Waals surface area contributed by atoms with E-state index in [0.29, 0.717) is 16.4 Å². The van der Waals surface area contributed by atoms with E-state index < -0.39 is 5.97 Å². The Bertz CT molecular complexity index is 1110. The number of aryl methyl sites for hydroxylation is 1. The van der Waals surface area contributed by atoms with E-state index in [1.54, 1.807) is 7.11 Å². The second-order valence-electron chi connectivity index (χ2n) is 11.2. The number of thioether (sulfide) groups is 2. The topological polar surface area (TPSA) is 66.2 Å². The summed E-state index contributed by atoms with van der Waals surface area (Å²) >= 11 is 2.69. The van der Waals surface area contributed by atoms with Gasteiger partial charge in [-0.2, -0.15) is 0 Å². The summed E-state index contributed by atoms with van der Waals surface area (Å²) < 4.78 is 17.1. The zero-order valence-electron chi connectivity index (χ0n) is 23.6. The Kier molecular flexibility index (Phi) is 10.9. The molecule has 0 radical (unpaired) electrons. The largest absolute Gasteiger partial charge is 0.470 e. The summed E-state index contributed by atoms with van der Waals surface area (Å²) in [6.07, 6.45) is 11.3. The van der Waals surface area contributed by atoms with E-state index >= 15 is 0 Å². The Labute approximate surface area is 241 Å². The molecule has 4 rings (SSSR count). The smallest absolute Gasteiger partial charge is 0.338 e. The van der Waals surface area contributed by atoms with E-state index in [1.807, 2.05) is 26.0 Å². The van der Waals surface area contributed by atoms with Crippen molar-refractivity contribution in [2.75, 3.05) is 13.7 Å². The zero-order valence-corrected chi connectivity index (χ0v) is 25.3. The van der Waals surface area contributed by atoms with E-state index in [0.717, 1.165) is 58.8 Å². The van der Waals surface area contributed by atoms with Crippen molar-refractivity contribution in [3.05, 3.63) is 39.0 Å². The number of hydrogen-bond acceptors (Lipinski definition) is 7. The summed E-state index contributed by atoms with van der Waals surface area (Å²) in [6, 6.07) is 3.77. The molecule has 0 N–H and O–H groups in total. The first-order chi connectivity index (χ1) is 18.8. The highest BCUT2D eigenvalue weighted by atomic mass is 32.2. The number of carbonyl (C=O) groups is 2. The van der Waals surface area contributed by atoms with Gasteiger partial charge in [0.15, 0.2) is 0 Å². The van der Waals surface area contributed by atoms with Gasteiger partial charge >= 0.3 is 11.9 Å². The van der Waals surface area contributed by atoms with Crippen LogP contribution >= 0.6 is 23.5 Å². The minimum absolute atomic E-state index is 0.0305. The van der Waals surface area contributed by atoms with Crippen molar-refractivity contribution in [3.8, 4) is 5.75 Å². The monoisotopic (exact) mass is 571 g/mol. The third-order valence-electron chi connectivity index (χ3n) is 8.77. The molecule has 6 nitrogen and oxygen atoms in total. The SMILES string of the molecule is [C-]#[N+]C(C(=O)OCCC(C)OC)=C1Sc2c(C)ccc(OC(=O)C3CCC(C4CCC(CC)CC4)CC3)c2S1. The number of carbonyl (C=O) groups excluding carboxylic acids is 2. The van der Waals surface area contributed by atoms with Gasteiger partial charge in [-0.15, -0.1) is 0 Å². The van der Waals surface area contributed by atoms with E-state index in [4.69, 9.17) is 20.8 Å². The number of benzene rings is 1. The first-order valence-electron chi connectivity index (χ1n) is 14.4. The molecule has 0 spiro atoms. The van der Waals surface area contributed by atoms with Crippen molar-refractivity contribution in [1.82, 2.24) is 0 Å². The van der Waals surface area contributed by atoms with Crippen LogP contribution in [0.4, 0.5) is 0 Å². The molecule has 0 aromatic heterocycles. The van der Waals surface area contributed by atoms with Crippen molar-refractivity contribution >= 4 is 35.5 Å². The van der Waals surface area contributed by atoms with Gasteiger partial charge in [-0.05, 0) is 81.8 Å². The van der Waals surface area contributed by atoms with Crippen molar-refractivity contribution in [2.45, 2.75) is 101 Å². The molecule has 1 aromatic rings. The summed E-state index contributed by atoms with van der Waals surface area (Å²) in [4.78, 5) is 31.1. The maximum atomic E-state index is 13.2. The number of esters is 2. The van der Waals surface area contributed by atoms with E-state index in [2.05, 4.69) is 11.8 Å². The Balaban J connectivity index is 1.37. The molecule has 0 saturated heterocycles. The molecule has 0 bridgehead atoms. The predicted octanol–water partition coefficient (Wildman–Crippen LogP) is 8.18. The van der Waals surface area contributed by atoms with Gasteiger partial charge in [0.05, 0.1) is 34.3 Å². The van der Waals surface area contributed by atoms with Crippen molar-refractivity contribution in [1.29, 1.82) is 0 Å². The van der Waals surface area contributed by atoms with Crippen LogP contribution in [0.2, 0.25) is 0 Å². The molecular formula is C31H41NO5S2. The van der Waals surface area contributed by atoms with Crippen LogP contribution in [0.3, 0.4) is 0 Å². The Morgan fingerprint density at radius 3 is 2.28 bits per heavy atom. The van der Waals surface area contributed by atoms with E-state index in [1.165, 1.54) is 55.6 Å². The van der Waals surface area contributed by atoms with Crippen LogP contribution in [-0.4, -0.2) is 31.8 Å². The number of methoxy groups -OCH3 is 1. The molecule has 1 aliphatic heterocycles. The molecule has 2 fully saturated rings. The summed E-state index contributed by atoms with van der Waals surface area (Å²) in [5.41, 5.74) is 0.983. The number of rotatable bonds is 9. The Hall–Kier alpha value is -1.95. The molecular weight excluding hydrogens is 530 g/mol. The second kappa shape index (κ2) is 14.1. The Morgan fingerprint density at radius 1 is 1.03 bits per heavy atom. The number of nitrogens with zero attached hydrogens (tertiary/aromatic N) is 1. The first kappa shape index (κ1) is 30.0. The average molecular weight is 572 g/mol. The molecule has 0 amide bonds. The Morgan fingerprint density at radius 2 is 1.67 bits per heavy atom. The van der Waals surface area contributed by atoms with Crippen molar-refractivity contribution in [2.24, 2.45) is 23.7 Å². The van der Waals surface area contributed by atoms with Crippen LogP contribution in [0.5, 0.6) is 5.75 Å². The van der Waals surface area contributed by atoms with E-state index in [-0.39, 0.29) is 30.3 Å². The van der Waals surface area contributed by atoms with Crippen LogP contribution in [0.15, 0.2) is 31.9 Å². The maximum Gasteiger partial charge on any atom is 0.338 e. The summed E-state index contributed by atoms with van der Waals surface area (Å²) in [7, 11) is 1.61. The second-order valence-corrected chi connectivity index (χ2v) is 13.5. The molecule has 212 valence electrons. The molecule has 1 heterocycles. The first-order valence-corrected chi connectivity index (χ1v) is 16.0. The molecule has 2 aliphatic carbocycles. The van der Waals surface area contributed by atoms with Crippen LogP contribution < -0.4 is 4.74 Å². The quantitative estimate of drug-likeness (QED) is 0.128. The molecule has 8 heteroatoms. The van der Waals surface area contributed by atoms with Crippen molar-refractivity contribution < 1.29 is 23.8 Å². The fraction of sp³-hybridized carbons (Fsp3) is 0.645. The fourth-order valence-corrected chi connectivity index (χ4v) is 8.64. The van der Waals surface area contributed by atoms with Gasteiger partial charge in [0.2, 0.25) is 0 Å². The molecule has 39 heavy (non-hydrogen) atoms. The van der Waals surface area contributed by atoms with Crippen LogP contribution in [0.25, 0.3) is 4.85 Å². The van der Waals surface area contributed by atoms with Gasteiger partial charge in [0.1, 0.15) is 5.75 Å². The van der Waals surface area contributed by atoms with Crippen LogP contribution in [0, 0.1) is 37.2 Å². The van der Waals surface area contributed by atoms with Gasteiger partial charge in [-0.25, -0.2) is 4.85 Å². The number of hydrogen-bond donors (Lipinski definition) is 0. The van der Waals surface area contributed by atoms with E-state index in [9.17, 15) is 9.59 Å². The lowest BCUT2D eigenvalue weighted by Crippen LogP contribution is -2.30. The third kappa shape index (κ3) is 7.42. The predicted molar refractivity (Wildman–Crippen MR) is 155 cm³/mol. The molecule has 3 aliphatic rings. The average Bonchev–Trinajstić information content (AvgIpc) is 3.41. The van der Waals surface area contributed by atoms with Crippen molar-refractivity contribution in [3.63, 3.8) is 0 Å². The molecule has 1 unspecified atom stereocenters. The summed E-state index contributed by atoms with van der Waals surface area (Å²) in [5.74, 6) is 2.15. The summed E-state index contributed by atoms with van der Waals surface area (Å²) in [5, 5.41) is 0. The van der Waals surface area contributed by atoms with Gasteiger partial charge in [-0.1, -0.05) is 55.8 Å².